The van der Waals surface area contributed by atoms with Crippen molar-refractivity contribution in [3.05, 3.63) is 0 Å². The third kappa shape index (κ3) is 11.6. The van der Waals surface area contributed by atoms with Gasteiger partial charge in [-0.05, 0) is 19.3 Å². The van der Waals surface area contributed by atoms with Gasteiger partial charge in [-0.2, -0.15) is 0 Å². The number of ether oxygens (including phenoxy) is 2. The largest absolute Gasteiger partial charge is 0.464 e. The molecule has 0 aromatic rings. The topological polar surface area (TPSA) is 35.5 Å². The molecule has 0 saturated carbocycles. The van der Waals surface area contributed by atoms with E-state index in [1.165, 1.54) is 77.0 Å². The van der Waals surface area contributed by atoms with Crippen molar-refractivity contribution in [3.63, 3.8) is 0 Å². The first-order chi connectivity index (χ1) is 11.3. The van der Waals surface area contributed by atoms with Crippen LogP contribution in [-0.2, 0) is 14.3 Å². The molecule has 3 nitrogen and oxygen atoms in total. The van der Waals surface area contributed by atoms with Crippen molar-refractivity contribution in [2.24, 2.45) is 0 Å². The number of rotatable bonds is 15. The number of unbranched alkanes of at least 4 members (excludes halogenated alkanes) is 12. The fourth-order valence-electron chi connectivity index (χ4n) is 3.15. The second-order valence-corrected chi connectivity index (χ2v) is 6.91. The molecule has 0 spiro atoms. The van der Waals surface area contributed by atoms with Crippen molar-refractivity contribution < 1.29 is 14.3 Å². The van der Waals surface area contributed by atoms with Gasteiger partial charge in [0.25, 0.3) is 0 Å². The third-order valence-electron chi connectivity index (χ3n) is 4.68. The zero-order chi connectivity index (χ0) is 16.6. The molecule has 1 aliphatic rings. The monoisotopic (exact) mass is 326 g/mol. The van der Waals surface area contributed by atoms with Crippen molar-refractivity contribution in [1.82, 2.24) is 0 Å². The minimum Gasteiger partial charge on any atom is -0.464 e. The molecule has 1 saturated heterocycles. The molecule has 0 amide bonds. The Hall–Kier alpha value is -0.570. The van der Waals surface area contributed by atoms with Crippen LogP contribution < -0.4 is 0 Å². The summed E-state index contributed by atoms with van der Waals surface area (Å²) in [6.07, 6.45) is 18.9. The first-order valence-electron chi connectivity index (χ1n) is 10.1. The number of hydrogen-bond acceptors (Lipinski definition) is 3. The molecule has 0 aromatic heterocycles. The van der Waals surface area contributed by atoms with Crippen LogP contribution in [0, 0.1) is 0 Å². The average molecular weight is 327 g/mol. The lowest BCUT2D eigenvalue weighted by atomic mass is 10.0. The van der Waals surface area contributed by atoms with E-state index >= 15 is 0 Å². The Morgan fingerprint density at radius 3 is 1.87 bits per heavy atom. The Morgan fingerprint density at radius 1 is 0.870 bits per heavy atom. The highest BCUT2D eigenvalue weighted by Crippen LogP contribution is 2.14. The summed E-state index contributed by atoms with van der Waals surface area (Å²) in [5.41, 5.74) is 0. The predicted molar refractivity (Wildman–Crippen MR) is 95.6 cm³/mol. The molecule has 0 bridgehead atoms. The molecule has 0 radical (unpaired) electrons. The van der Waals surface area contributed by atoms with E-state index in [4.69, 9.17) is 9.47 Å². The fourth-order valence-corrected chi connectivity index (χ4v) is 3.15. The maximum atomic E-state index is 11.6. The molecule has 1 unspecified atom stereocenters. The maximum Gasteiger partial charge on any atom is 0.335 e. The number of hydrogen-bond donors (Lipinski definition) is 0. The van der Waals surface area contributed by atoms with E-state index in [1.54, 1.807) is 0 Å². The number of carbonyl (C=O) groups is 1. The molecule has 3 heteroatoms. The second kappa shape index (κ2) is 15.0. The van der Waals surface area contributed by atoms with Gasteiger partial charge < -0.3 is 9.47 Å². The summed E-state index contributed by atoms with van der Waals surface area (Å²) in [6.45, 7) is 3.54. The van der Waals surface area contributed by atoms with Crippen molar-refractivity contribution >= 4 is 5.97 Å². The number of esters is 1. The Morgan fingerprint density at radius 2 is 1.39 bits per heavy atom. The van der Waals surface area contributed by atoms with Crippen molar-refractivity contribution in [1.29, 1.82) is 0 Å². The van der Waals surface area contributed by atoms with Gasteiger partial charge in [-0.25, -0.2) is 4.79 Å². The Balaban J connectivity index is 1.72. The predicted octanol–water partition coefficient (Wildman–Crippen LogP) is 5.80. The van der Waals surface area contributed by atoms with E-state index in [-0.39, 0.29) is 12.1 Å². The minimum absolute atomic E-state index is 0.151. The first kappa shape index (κ1) is 20.5. The highest BCUT2D eigenvalue weighted by Gasteiger charge is 2.24. The van der Waals surface area contributed by atoms with Crippen molar-refractivity contribution in [2.75, 3.05) is 13.2 Å². The highest BCUT2D eigenvalue weighted by molar-refractivity contribution is 5.74. The molecular formula is C20H38O3. The lowest BCUT2D eigenvalue weighted by Crippen LogP contribution is -2.22. The van der Waals surface area contributed by atoms with Gasteiger partial charge in [-0.15, -0.1) is 0 Å². The summed E-state index contributed by atoms with van der Waals surface area (Å²) in [6, 6.07) is 0. The van der Waals surface area contributed by atoms with Crippen LogP contribution in [0.5, 0.6) is 0 Å². The molecular weight excluding hydrogens is 288 g/mol. The smallest absolute Gasteiger partial charge is 0.335 e. The normalized spacial score (nSPS) is 17.5. The van der Waals surface area contributed by atoms with E-state index in [1.807, 2.05) is 0 Å². The maximum absolute atomic E-state index is 11.6. The summed E-state index contributed by atoms with van der Waals surface area (Å²) in [7, 11) is 0. The van der Waals surface area contributed by atoms with Crippen LogP contribution >= 0.6 is 0 Å². The van der Waals surface area contributed by atoms with Crippen LogP contribution in [0.4, 0.5) is 0 Å². The van der Waals surface area contributed by atoms with Gasteiger partial charge in [0, 0.05) is 6.61 Å². The van der Waals surface area contributed by atoms with Gasteiger partial charge in [0.1, 0.15) is 0 Å². The van der Waals surface area contributed by atoms with E-state index in [2.05, 4.69) is 6.92 Å². The molecule has 0 aliphatic carbocycles. The van der Waals surface area contributed by atoms with Crippen LogP contribution in [0.25, 0.3) is 0 Å². The summed E-state index contributed by atoms with van der Waals surface area (Å²) >= 11 is 0. The van der Waals surface area contributed by atoms with Crippen molar-refractivity contribution in [3.8, 4) is 0 Å². The number of carbonyl (C=O) groups excluding carboxylic acids is 1. The van der Waals surface area contributed by atoms with Gasteiger partial charge in [0.15, 0.2) is 6.10 Å². The first-order valence-corrected chi connectivity index (χ1v) is 10.1. The third-order valence-corrected chi connectivity index (χ3v) is 4.68. The fraction of sp³-hybridized carbons (Fsp3) is 0.950. The molecule has 23 heavy (non-hydrogen) atoms. The molecule has 1 fully saturated rings. The molecule has 1 aliphatic heterocycles. The van der Waals surface area contributed by atoms with Crippen molar-refractivity contribution in [2.45, 2.75) is 109 Å². The van der Waals surface area contributed by atoms with E-state index in [0.717, 1.165) is 19.3 Å². The van der Waals surface area contributed by atoms with Crippen LogP contribution in [0.15, 0.2) is 0 Å². The SMILES string of the molecule is CCCCCCCCCCCCCCCOC(=O)C1CCCO1. The van der Waals surface area contributed by atoms with Gasteiger partial charge in [-0.1, -0.05) is 84.0 Å². The highest BCUT2D eigenvalue weighted by atomic mass is 16.6. The van der Waals surface area contributed by atoms with Gasteiger partial charge in [0.2, 0.25) is 0 Å². The Kier molecular flexibility index (Phi) is 13.3. The molecule has 136 valence electrons. The second-order valence-electron chi connectivity index (χ2n) is 6.91. The van der Waals surface area contributed by atoms with Crippen LogP contribution in [0.3, 0.4) is 0 Å². The molecule has 0 N–H and O–H groups in total. The molecule has 1 heterocycles. The Bertz CT molecular complexity index is 272. The average Bonchev–Trinajstić information content (AvgIpc) is 3.09. The zero-order valence-corrected chi connectivity index (χ0v) is 15.3. The van der Waals surface area contributed by atoms with Crippen LogP contribution in [-0.4, -0.2) is 25.3 Å². The molecule has 1 atom stereocenters. The summed E-state index contributed by atoms with van der Waals surface area (Å²) in [5.74, 6) is -0.151. The summed E-state index contributed by atoms with van der Waals surface area (Å²) in [5, 5.41) is 0. The van der Waals surface area contributed by atoms with E-state index < -0.39 is 0 Å². The van der Waals surface area contributed by atoms with E-state index in [0.29, 0.717) is 13.2 Å². The van der Waals surface area contributed by atoms with Gasteiger partial charge in [-0.3, -0.25) is 0 Å². The van der Waals surface area contributed by atoms with Crippen LogP contribution in [0.2, 0.25) is 0 Å². The molecule has 1 rings (SSSR count). The zero-order valence-electron chi connectivity index (χ0n) is 15.3. The van der Waals surface area contributed by atoms with Gasteiger partial charge in [0.05, 0.1) is 6.61 Å². The lowest BCUT2D eigenvalue weighted by molar-refractivity contribution is -0.154. The Labute approximate surface area is 143 Å². The quantitative estimate of drug-likeness (QED) is 0.282. The summed E-state index contributed by atoms with van der Waals surface area (Å²) < 4.78 is 10.6. The van der Waals surface area contributed by atoms with Crippen LogP contribution in [0.1, 0.15) is 103 Å². The van der Waals surface area contributed by atoms with E-state index in [9.17, 15) is 4.79 Å². The molecule has 0 aromatic carbocycles. The van der Waals surface area contributed by atoms with Gasteiger partial charge >= 0.3 is 5.97 Å². The standard InChI is InChI=1S/C20H38O3/c1-2-3-4-5-6-7-8-9-10-11-12-13-14-17-23-20(21)19-16-15-18-22-19/h19H,2-18H2,1H3. The minimum atomic E-state index is -0.281. The lowest BCUT2D eigenvalue weighted by Gasteiger charge is -2.09. The summed E-state index contributed by atoms with van der Waals surface area (Å²) in [4.78, 5) is 11.6.